The van der Waals surface area contributed by atoms with Gasteiger partial charge in [0.1, 0.15) is 17.0 Å². The van der Waals surface area contributed by atoms with Gasteiger partial charge in [0, 0.05) is 0 Å². The fourth-order valence-corrected chi connectivity index (χ4v) is 4.26. The van der Waals surface area contributed by atoms with Crippen molar-refractivity contribution in [2.24, 2.45) is 0 Å². The first-order chi connectivity index (χ1) is 15.0. The summed E-state index contributed by atoms with van der Waals surface area (Å²) in [4.78, 5) is 38.8. The lowest BCUT2D eigenvalue weighted by Gasteiger charge is -2.13. The summed E-state index contributed by atoms with van der Waals surface area (Å²) in [5.41, 5.74) is 0.716. The van der Waals surface area contributed by atoms with Crippen LogP contribution in [0.4, 0.5) is 5.69 Å². The second-order valence-electron chi connectivity index (χ2n) is 6.77. The van der Waals surface area contributed by atoms with Gasteiger partial charge in [-0.2, -0.15) is 0 Å². The Labute approximate surface area is 186 Å². The first-order valence-corrected chi connectivity index (χ1v) is 10.6. The number of nitrogens with zero attached hydrogens (tertiary/aromatic N) is 2. The van der Waals surface area contributed by atoms with Crippen LogP contribution < -0.4 is 21.3 Å². The molecular weight excluding hydrogens is 438 g/mol. The third kappa shape index (κ3) is 4.26. The van der Waals surface area contributed by atoms with Crippen LogP contribution in [0.2, 0.25) is 5.02 Å². The average molecular weight is 456 g/mol. The van der Waals surface area contributed by atoms with E-state index in [-0.39, 0.29) is 18.6 Å². The molecule has 0 fully saturated rings. The molecule has 0 saturated heterocycles. The fourth-order valence-electron chi connectivity index (χ4n) is 3.23. The normalized spacial score (nSPS) is 10.9. The van der Waals surface area contributed by atoms with E-state index >= 15 is 0 Å². The van der Waals surface area contributed by atoms with Crippen molar-refractivity contribution in [1.29, 1.82) is 0 Å². The van der Waals surface area contributed by atoms with E-state index in [1.807, 2.05) is 0 Å². The van der Waals surface area contributed by atoms with E-state index in [0.29, 0.717) is 26.7 Å². The van der Waals surface area contributed by atoms with Gasteiger partial charge < -0.3 is 10.1 Å². The Bertz CT molecular complexity index is 1370. The Morgan fingerprint density at radius 1 is 1.06 bits per heavy atom. The number of para-hydroxylation sites is 1. The number of nitrogens with one attached hydrogen (secondary N) is 1. The number of fused-ring (bicyclic) bond motifs is 1. The molecule has 0 radical (unpaired) electrons. The number of ether oxygens (including phenoxy) is 1. The van der Waals surface area contributed by atoms with Crippen LogP contribution >= 0.6 is 22.9 Å². The summed E-state index contributed by atoms with van der Waals surface area (Å²) < 4.78 is 8.01. The number of carbonyl (C=O) groups is 1. The zero-order valence-corrected chi connectivity index (χ0v) is 18.1. The number of benzene rings is 2. The molecule has 0 aliphatic carbocycles. The molecule has 2 aromatic heterocycles. The summed E-state index contributed by atoms with van der Waals surface area (Å²) in [6.45, 7) is -0.165. The Morgan fingerprint density at radius 3 is 2.52 bits per heavy atom. The van der Waals surface area contributed by atoms with Crippen LogP contribution in [0.3, 0.4) is 0 Å². The maximum atomic E-state index is 13.2. The second-order valence-corrected chi connectivity index (χ2v) is 8.09. The van der Waals surface area contributed by atoms with Crippen molar-refractivity contribution >= 4 is 44.7 Å². The van der Waals surface area contributed by atoms with Crippen molar-refractivity contribution in [2.75, 3.05) is 12.4 Å². The van der Waals surface area contributed by atoms with Crippen molar-refractivity contribution in [1.82, 2.24) is 9.13 Å². The SMILES string of the molecule is COc1ccc(Cn2c(=O)c3sccc3n(CC(=O)Nc3ccccc3Cl)c2=O)cc1. The van der Waals surface area contributed by atoms with Crippen LogP contribution in [0.25, 0.3) is 10.2 Å². The zero-order valence-electron chi connectivity index (χ0n) is 16.5. The van der Waals surface area contributed by atoms with Crippen LogP contribution in [0.15, 0.2) is 69.6 Å². The van der Waals surface area contributed by atoms with Gasteiger partial charge in [-0.1, -0.05) is 35.9 Å². The maximum absolute atomic E-state index is 13.2. The number of amides is 1. The van der Waals surface area contributed by atoms with E-state index in [0.717, 1.165) is 10.1 Å². The summed E-state index contributed by atoms with van der Waals surface area (Å²) in [6, 6.07) is 15.6. The fraction of sp³-hybridized carbons (Fsp3) is 0.136. The summed E-state index contributed by atoms with van der Waals surface area (Å²) in [5, 5.41) is 4.84. The molecule has 9 heteroatoms. The van der Waals surface area contributed by atoms with Gasteiger partial charge in [-0.05, 0) is 41.3 Å². The molecule has 158 valence electrons. The lowest BCUT2D eigenvalue weighted by Crippen LogP contribution is -2.41. The third-order valence-electron chi connectivity index (χ3n) is 4.79. The highest BCUT2D eigenvalue weighted by Gasteiger charge is 2.17. The Morgan fingerprint density at radius 2 is 1.81 bits per heavy atom. The van der Waals surface area contributed by atoms with E-state index < -0.39 is 11.6 Å². The topological polar surface area (TPSA) is 82.3 Å². The van der Waals surface area contributed by atoms with Crippen molar-refractivity contribution in [3.05, 3.63) is 91.4 Å². The van der Waals surface area contributed by atoms with Crippen molar-refractivity contribution in [2.45, 2.75) is 13.1 Å². The second kappa shape index (κ2) is 8.79. The molecule has 31 heavy (non-hydrogen) atoms. The van der Waals surface area contributed by atoms with E-state index in [2.05, 4.69) is 5.32 Å². The van der Waals surface area contributed by atoms with Crippen molar-refractivity contribution in [3.63, 3.8) is 0 Å². The number of hydrogen-bond acceptors (Lipinski definition) is 5. The molecule has 4 rings (SSSR count). The highest BCUT2D eigenvalue weighted by Crippen LogP contribution is 2.21. The zero-order chi connectivity index (χ0) is 22.0. The molecule has 0 aliphatic rings. The molecule has 0 spiro atoms. The van der Waals surface area contributed by atoms with Crippen LogP contribution in [-0.4, -0.2) is 22.2 Å². The van der Waals surface area contributed by atoms with Crippen LogP contribution in [-0.2, 0) is 17.9 Å². The lowest BCUT2D eigenvalue weighted by molar-refractivity contribution is -0.116. The van der Waals surface area contributed by atoms with Gasteiger partial charge in [0.25, 0.3) is 5.56 Å². The van der Waals surface area contributed by atoms with Gasteiger partial charge in [0.2, 0.25) is 5.91 Å². The Balaban J connectivity index is 1.70. The minimum atomic E-state index is -0.555. The molecule has 1 amide bonds. The number of aromatic nitrogens is 2. The maximum Gasteiger partial charge on any atom is 0.332 e. The van der Waals surface area contributed by atoms with Gasteiger partial charge in [-0.15, -0.1) is 11.3 Å². The predicted molar refractivity (Wildman–Crippen MR) is 123 cm³/mol. The predicted octanol–water partition coefficient (Wildman–Crippen LogP) is 3.57. The number of rotatable bonds is 6. The van der Waals surface area contributed by atoms with Gasteiger partial charge in [-0.25, -0.2) is 4.79 Å². The molecule has 0 bridgehead atoms. The molecule has 2 heterocycles. The lowest BCUT2D eigenvalue weighted by atomic mass is 10.2. The van der Waals surface area contributed by atoms with Gasteiger partial charge >= 0.3 is 5.69 Å². The van der Waals surface area contributed by atoms with E-state index in [9.17, 15) is 14.4 Å². The number of hydrogen-bond donors (Lipinski definition) is 1. The van der Waals surface area contributed by atoms with E-state index in [4.69, 9.17) is 16.3 Å². The third-order valence-corrected chi connectivity index (χ3v) is 6.01. The molecule has 7 nitrogen and oxygen atoms in total. The first kappa shape index (κ1) is 20.9. The molecule has 0 unspecified atom stereocenters. The standard InChI is InChI=1S/C22H18ClN3O4S/c1-30-15-8-6-14(7-9-15)12-26-21(28)20-18(10-11-31-20)25(22(26)29)13-19(27)24-17-5-3-2-4-16(17)23/h2-11H,12-13H2,1H3,(H,24,27). The number of halogens is 1. The molecule has 0 aliphatic heterocycles. The van der Waals surface area contributed by atoms with Crippen LogP contribution in [0, 0.1) is 0 Å². The van der Waals surface area contributed by atoms with Gasteiger partial charge in [0.05, 0.1) is 29.9 Å². The first-order valence-electron chi connectivity index (χ1n) is 9.36. The molecule has 0 saturated carbocycles. The van der Waals surface area contributed by atoms with Gasteiger partial charge in [0.15, 0.2) is 0 Å². The molecule has 0 atom stereocenters. The van der Waals surface area contributed by atoms with Crippen LogP contribution in [0.1, 0.15) is 5.56 Å². The monoisotopic (exact) mass is 455 g/mol. The number of carbonyl (C=O) groups excluding carboxylic acids is 1. The average Bonchev–Trinajstić information content (AvgIpc) is 3.26. The smallest absolute Gasteiger partial charge is 0.332 e. The van der Waals surface area contributed by atoms with Crippen LogP contribution in [0.5, 0.6) is 5.75 Å². The minimum absolute atomic E-state index is 0.0850. The number of methoxy groups -OCH3 is 1. The largest absolute Gasteiger partial charge is 0.497 e. The van der Waals surface area contributed by atoms with Crippen molar-refractivity contribution < 1.29 is 9.53 Å². The van der Waals surface area contributed by atoms with Crippen molar-refractivity contribution in [3.8, 4) is 5.75 Å². The highest BCUT2D eigenvalue weighted by molar-refractivity contribution is 7.17. The molecule has 2 aromatic carbocycles. The van der Waals surface area contributed by atoms with E-state index in [1.165, 1.54) is 15.9 Å². The Kier molecular flexibility index (Phi) is 5.92. The molecular formula is C22H18ClN3O4S. The molecule has 4 aromatic rings. The van der Waals surface area contributed by atoms with E-state index in [1.54, 1.807) is 67.1 Å². The quantitative estimate of drug-likeness (QED) is 0.482. The summed E-state index contributed by atoms with van der Waals surface area (Å²) >= 11 is 7.34. The van der Waals surface area contributed by atoms with Gasteiger partial charge in [-0.3, -0.25) is 18.7 Å². The minimum Gasteiger partial charge on any atom is -0.497 e. The highest BCUT2D eigenvalue weighted by atomic mass is 35.5. The number of thiophene rings is 1. The summed E-state index contributed by atoms with van der Waals surface area (Å²) in [7, 11) is 1.57. The Hall–Kier alpha value is -3.36. The summed E-state index contributed by atoms with van der Waals surface area (Å²) in [5.74, 6) is 0.260. The summed E-state index contributed by atoms with van der Waals surface area (Å²) in [6.07, 6.45) is 0. The molecule has 1 N–H and O–H groups in total. The number of anilines is 1.